The summed E-state index contributed by atoms with van der Waals surface area (Å²) in [6.07, 6.45) is 3.33. The van der Waals surface area contributed by atoms with Crippen LogP contribution in [0.2, 0.25) is 0 Å². The number of amides is 1. The van der Waals surface area contributed by atoms with Gasteiger partial charge in [0.1, 0.15) is 0 Å². The molecule has 1 aromatic heterocycles. The molecule has 19 heavy (non-hydrogen) atoms. The number of carbonyl (C=O) groups is 1. The van der Waals surface area contributed by atoms with Gasteiger partial charge in [-0.25, -0.2) is 0 Å². The third-order valence-electron chi connectivity index (χ3n) is 2.86. The average Bonchev–Trinajstić information content (AvgIpc) is 2.39. The Bertz CT molecular complexity index is 598. The van der Waals surface area contributed by atoms with Crippen molar-refractivity contribution in [2.45, 2.75) is 19.9 Å². The van der Waals surface area contributed by atoms with Crippen molar-refractivity contribution in [3.63, 3.8) is 0 Å². The maximum Gasteiger partial charge on any atom is 0.248 e. The number of benzene rings is 1. The minimum absolute atomic E-state index is 0.00294. The van der Waals surface area contributed by atoms with Crippen LogP contribution in [0.5, 0.6) is 0 Å². The molecule has 1 aromatic carbocycles. The summed E-state index contributed by atoms with van der Waals surface area (Å²) in [7, 11) is 0. The summed E-state index contributed by atoms with van der Waals surface area (Å²) < 4.78 is 0. The van der Waals surface area contributed by atoms with Gasteiger partial charge < -0.3 is 11.1 Å². The first-order valence-corrected chi connectivity index (χ1v) is 6.02. The Hall–Kier alpha value is -2.43. The third-order valence-corrected chi connectivity index (χ3v) is 2.86. The molecule has 0 aliphatic heterocycles. The number of anilines is 1. The van der Waals surface area contributed by atoms with Crippen molar-refractivity contribution in [2.75, 3.05) is 5.32 Å². The van der Waals surface area contributed by atoms with E-state index in [0.29, 0.717) is 5.56 Å². The molecule has 0 bridgehead atoms. The zero-order valence-corrected chi connectivity index (χ0v) is 10.9. The van der Waals surface area contributed by atoms with E-state index in [4.69, 9.17) is 5.73 Å². The highest BCUT2D eigenvalue weighted by atomic mass is 16.1. The molecular formula is C14H16N4O. The molecule has 1 heterocycles. The van der Waals surface area contributed by atoms with Crippen LogP contribution < -0.4 is 11.1 Å². The molecule has 2 rings (SSSR count). The average molecular weight is 256 g/mol. The van der Waals surface area contributed by atoms with Crippen LogP contribution in [0.15, 0.2) is 36.7 Å². The van der Waals surface area contributed by atoms with Crippen molar-refractivity contribution in [3.05, 3.63) is 53.6 Å². The van der Waals surface area contributed by atoms with Crippen molar-refractivity contribution in [3.8, 4) is 0 Å². The van der Waals surface area contributed by atoms with Crippen LogP contribution in [0, 0.1) is 6.92 Å². The van der Waals surface area contributed by atoms with Crippen molar-refractivity contribution in [1.82, 2.24) is 9.97 Å². The molecule has 0 spiro atoms. The van der Waals surface area contributed by atoms with Gasteiger partial charge in [0.15, 0.2) is 0 Å². The number of primary amides is 1. The maximum absolute atomic E-state index is 11.1. The SMILES string of the molecule is Cc1nccnc1C(C)Nc1cccc(C(N)=O)c1. The van der Waals surface area contributed by atoms with E-state index in [9.17, 15) is 4.79 Å². The Morgan fingerprint density at radius 3 is 2.74 bits per heavy atom. The zero-order valence-electron chi connectivity index (χ0n) is 10.9. The minimum Gasteiger partial charge on any atom is -0.377 e. The van der Waals surface area contributed by atoms with E-state index >= 15 is 0 Å². The number of aryl methyl sites for hydroxylation is 1. The summed E-state index contributed by atoms with van der Waals surface area (Å²) in [4.78, 5) is 19.7. The lowest BCUT2D eigenvalue weighted by atomic mass is 10.1. The van der Waals surface area contributed by atoms with Crippen LogP contribution in [0.4, 0.5) is 5.69 Å². The third kappa shape index (κ3) is 3.07. The standard InChI is InChI=1S/C14H16N4O/c1-9-13(17-7-6-16-9)10(2)18-12-5-3-4-11(8-12)14(15)19/h3-8,10,18H,1-2H3,(H2,15,19). The van der Waals surface area contributed by atoms with Gasteiger partial charge in [-0.2, -0.15) is 0 Å². The Morgan fingerprint density at radius 2 is 2.05 bits per heavy atom. The number of carbonyl (C=O) groups excluding carboxylic acids is 1. The van der Waals surface area contributed by atoms with E-state index in [1.807, 2.05) is 19.9 Å². The molecule has 0 radical (unpaired) electrons. The van der Waals surface area contributed by atoms with E-state index in [1.54, 1.807) is 30.6 Å². The van der Waals surface area contributed by atoms with E-state index in [2.05, 4.69) is 15.3 Å². The molecule has 0 aliphatic rings. The number of hydrogen-bond donors (Lipinski definition) is 2. The highest BCUT2D eigenvalue weighted by molar-refractivity contribution is 5.93. The van der Waals surface area contributed by atoms with Crippen LogP contribution in [-0.4, -0.2) is 15.9 Å². The lowest BCUT2D eigenvalue weighted by Gasteiger charge is -2.16. The summed E-state index contributed by atoms with van der Waals surface area (Å²) in [5.41, 5.74) is 8.33. The number of nitrogens with one attached hydrogen (secondary N) is 1. The smallest absolute Gasteiger partial charge is 0.248 e. The Labute approximate surface area is 111 Å². The summed E-state index contributed by atoms with van der Waals surface area (Å²) in [6.45, 7) is 3.91. The van der Waals surface area contributed by atoms with Gasteiger partial charge in [-0.05, 0) is 32.0 Å². The van der Waals surface area contributed by atoms with E-state index in [-0.39, 0.29) is 6.04 Å². The first-order chi connectivity index (χ1) is 9.08. The van der Waals surface area contributed by atoms with Gasteiger partial charge in [0.05, 0.1) is 17.4 Å². The van der Waals surface area contributed by atoms with Gasteiger partial charge in [0, 0.05) is 23.6 Å². The van der Waals surface area contributed by atoms with Gasteiger partial charge in [-0.1, -0.05) is 6.07 Å². The molecule has 98 valence electrons. The fraction of sp³-hybridized carbons (Fsp3) is 0.214. The van der Waals surface area contributed by atoms with Gasteiger partial charge in [0.25, 0.3) is 0 Å². The predicted molar refractivity (Wildman–Crippen MR) is 73.8 cm³/mol. The molecule has 1 amide bonds. The first-order valence-electron chi connectivity index (χ1n) is 6.02. The molecule has 0 saturated carbocycles. The van der Waals surface area contributed by atoms with E-state index in [0.717, 1.165) is 17.1 Å². The number of nitrogens with two attached hydrogens (primary N) is 1. The largest absolute Gasteiger partial charge is 0.377 e. The second-order valence-electron chi connectivity index (χ2n) is 4.34. The Balaban J connectivity index is 2.19. The molecule has 0 saturated heterocycles. The molecule has 5 nitrogen and oxygen atoms in total. The van der Waals surface area contributed by atoms with Crippen LogP contribution in [-0.2, 0) is 0 Å². The molecule has 5 heteroatoms. The van der Waals surface area contributed by atoms with E-state index in [1.165, 1.54) is 0 Å². The molecule has 2 aromatic rings. The van der Waals surface area contributed by atoms with E-state index < -0.39 is 5.91 Å². The molecule has 1 atom stereocenters. The summed E-state index contributed by atoms with van der Waals surface area (Å²) in [5, 5.41) is 3.28. The second kappa shape index (κ2) is 5.48. The Kier molecular flexibility index (Phi) is 3.75. The number of aromatic nitrogens is 2. The molecule has 3 N–H and O–H groups in total. The predicted octanol–water partition coefficient (Wildman–Crippen LogP) is 2.06. The van der Waals surface area contributed by atoms with Crippen LogP contribution in [0.1, 0.15) is 34.7 Å². The van der Waals surface area contributed by atoms with Gasteiger partial charge in [-0.3, -0.25) is 14.8 Å². The summed E-state index contributed by atoms with van der Waals surface area (Å²) in [6, 6.07) is 7.08. The molecule has 0 aliphatic carbocycles. The van der Waals surface area contributed by atoms with Crippen molar-refractivity contribution in [2.24, 2.45) is 5.73 Å². The first kappa shape index (κ1) is 13.0. The summed E-state index contributed by atoms with van der Waals surface area (Å²) >= 11 is 0. The minimum atomic E-state index is -0.438. The number of nitrogens with zero attached hydrogens (tertiary/aromatic N) is 2. The van der Waals surface area contributed by atoms with Gasteiger partial charge in [0.2, 0.25) is 5.91 Å². The maximum atomic E-state index is 11.1. The molecular weight excluding hydrogens is 240 g/mol. The number of rotatable bonds is 4. The molecule has 1 unspecified atom stereocenters. The lowest BCUT2D eigenvalue weighted by Crippen LogP contribution is -2.13. The van der Waals surface area contributed by atoms with Gasteiger partial charge >= 0.3 is 0 Å². The highest BCUT2D eigenvalue weighted by Gasteiger charge is 2.11. The van der Waals surface area contributed by atoms with Crippen molar-refractivity contribution >= 4 is 11.6 Å². The lowest BCUT2D eigenvalue weighted by molar-refractivity contribution is 0.100. The van der Waals surface area contributed by atoms with Crippen LogP contribution in [0.25, 0.3) is 0 Å². The quantitative estimate of drug-likeness (QED) is 0.877. The summed E-state index contributed by atoms with van der Waals surface area (Å²) in [5.74, 6) is -0.438. The monoisotopic (exact) mass is 256 g/mol. The molecule has 0 fully saturated rings. The van der Waals surface area contributed by atoms with Crippen LogP contribution >= 0.6 is 0 Å². The Morgan fingerprint density at radius 1 is 1.32 bits per heavy atom. The second-order valence-corrected chi connectivity index (χ2v) is 4.34. The van der Waals surface area contributed by atoms with Gasteiger partial charge in [-0.15, -0.1) is 0 Å². The fourth-order valence-corrected chi connectivity index (χ4v) is 1.92. The zero-order chi connectivity index (χ0) is 13.8. The van der Waals surface area contributed by atoms with Crippen molar-refractivity contribution in [1.29, 1.82) is 0 Å². The normalized spacial score (nSPS) is 11.9. The van der Waals surface area contributed by atoms with Crippen molar-refractivity contribution < 1.29 is 4.79 Å². The topological polar surface area (TPSA) is 80.9 Å². The highest BCUT2D eigenvalue weighted by Crippen LogP contribution is 2.19. The van der Waals surface area contributed by atoms with Crippen LogP contribution in [0.3, 0.4) is 0 Å². The number of hydrogen-bond acceptors (Lipinski definition) is 4. The fourth-order valence-electron chi connectivity index (χ4n) is 1.92.